The van der Waals surface area contributed by atoms with Crippen LogP contribution in [0.4, 0.5) is 5.69 Å². The molecule has 3 saturated heterocycles. The van der Waals surface area contributed by atoms with Crippen molar-refractivity contribution in [2.45, 2.75) is 42.6 Å². The van der Waals surface area contributed by atoms with E-state index in [-0.39, 0.29) is 22.9 Å². The molecule has 8 nitrogen and oxygen atoms in total. The predicted octanol–water partition coefficient (Wildman–Crippen LogP) is 1.02. The monoisotopic (exact) mass is 389 g/mol. The molecule has 2 bridgehead atoms. The molecule has 6 rings (SSSR count). The average molecular weight is 389 g/mol. The van der Waals surface area contributed by atoms with Crippen LogP contribution in [0.5, 0.6) is 0 Å². The van der Waals surface area contributed by atoms with Crippen LogP contribution in [-0.2, 0) is 14.8 Å². The molecular formula is C18H23N5O3S. The SMILES string of the molecule is O=S(=O)(NC[C@H]1[C@H]2CN(c3ccnc4[nH]ncc34)C[C@]23CC[C@H]1O3)C1CC1. The molecular weight excluding hydrogens is 366 g/mol. The van der Waals surface area contributed by atoms with E-state index in [0.717, 1.165) is 55.5 Å². The van der Waals surface area contributed by atoms with E-state index in [9.17, 15) is 8.42 Å². The molecule has 2 aromatic heterocycles. The number of H-pyrrole nitrogens is 1. The summed E-state index contributed by atoms with van der Waals surface area (Å²) in [6.45, 7) is 2.24. The van der Waals surface area contributed by atoms with Gasteiger partial charge in [-0.05, 0) is 31.7 Å². The second kappa shape index (κ2) is 5.42. The van der Waals surface area contributed by atoms with Gasteiger partial charge in [0.1, 0.15) is 0 Å². The zero-order valence-electron chi connectivity index (χ0n) is 15.0. The number of fused-ring (bicyclic) bond motifs is 2. The fourth-order valence-electron chi connectivity index (χ4n) is 5.47. The molecule has 2 aromatic rings. The van der Waals surface area contributed by atoms with E-state index in [0.29, 0.717) is 12.5 Å². The third-order valence-corrected chi connectivity index (χ3v) is 8.86. The lowest BCUT2D eigenvalue weighted by Crippen LogP contribution is -2.42. The molecule has 2 N–H and O–H groups in total. The minimum absolute atomic E-state index is 0.139. The van der Waals surface area contributed by atoms with Crippen molar-refractivity contribution in [3.63, 3.8) is 0 Å². The number of nitrogens with zero attached hydrogens (tertiary/aromatic N) is 3. The summed E-state index contributed by atoms with van der Waals surface area (Å²) in [6.07, 6.45) is 7.49. The van der Waals surface area contributed by atoms with Crippen molar-refractivity contribution in [1.82, 2.24) is 19.9 Å². The zero-order chi connectivity index (χ0) is 18.2. The van der Waals surface area contributed by atoms with Crippen LogP contribution >= 0.6 is 0 Å². The number of pyridine rings is 1. The Bertz CT molecular complexity index is 1000. The van der Waals surface area contributed by atoms with E-state index in [1.54, 1.807) is 6.20 Å². The molecule has 4 fully saturated rings. The van der Waals surface area contributed by atoms with Gasteiger partial charge in [0.05, 0.1) is 34.2 Å². The van der Waals surface area contributed by atoms with Crippen molar-refractivity contribution in [2.24, 2.45) is 11.8 Å². The Labute approximate surface area is 157 Å². The van der Waals surface area contributed by atoms with Gasteiger partial charge in [0, 0.05) is 37.7 Å². The van der Waals surface area contributed by atoms with Crippen LogP contribution in [0, 0.1) is 11.8 Å². The van der Waals surface area contributed by atoms with Crippen molar-refractivity contribution in [3.05, 3.63) is 18.5 Å². The van der Waals surface area contributed by atoms with Crippen LogP contribution in [0.3, 0.4) is 0 Å². The predicted molar refractivity (Wildman–Crippen MR) is 99.9 cm³/mol. The van der Waals surface area contributed by atoms with Crippen LogP contribution in [0.2, 0.25) is 0 Å². The molecule has 1 saturated carbocycles. The highest BCUT2D eigenvalue weighted by Crippen LogP contribution is 2.55. The standard InChI is InChI=1S/C18H23N5O3S/c24-27(25,11-1-2-11)21-8-12-14-9-23(10-18(14)5-3-16(12)26-18)15-4-6-19-17-13(15)7-20-22-17/h4,6-7,11-12,14,16,21H,1-3,5,8-10H2,(H,19,20,22)/t12-,14+,16+,18+/m0/s1. The minimum atomic E-state index is -3.15. The Morgan fingerprint density at radius 2 is 2.26 bits per heavy atom. The highest BCUT2D eigenvalue weighted by Gasteiger charge is 2.63. The van der Waals surface area contributed by atoms with E-state index in [2.05, 4.69) is 24.8 Å². The number of rotatable bonds is 5. The van der Waals surface area contributed by atoms with Crippen molar-refractivity contribution >= 4 is 26.7 Å². The van der Waals surface area contributed by atoms with Gasteiger partial charge in [-0.15, -0.1) is 0 Å². The van der Waals surface area contributed by atoms with E-state index in [1.807, 2.05) is 12.3 Å². The van der Waals surface area contributed by atoms with Crippen molar-refractivity contribution in [2.75, 3.05) is 24.5 Å². The third-order valence-electron chi connectivity index (χ3n) is 6.94. The van der Waals surface area contributed by atoms with Gasteiger partial charge in [-0.1, -0.05) is 0 Å². The molecule has 0 unspecified atom stereocenters. The Morgan fingerprint density at radius 3 is 3.11 bits per heavy atom. The second-order valence-corrected chi connectivity index (χ2v) is 10.5. The number of anilines is 1. The van der Waals surface area contributed by atoms with Crippen molar-refractivity contribution in [3.8, 4) is 0 Å². The maximum atomic E-state index is 12.3. The normalized spacial score (nSPS) is 35.3. The van der Waals surface area contributed by atoms with Gasteiger partial charge in [0.25, 0.3) is 0 Å². The fraction of sp³-hybridized carbons (Fsp3) is 0.667. The van der Waals surface area contributed by atoms with E-state index in [4.69, 9.17) is 4.74 Å². The lowest BCUT2D eigenvalue weighted by atomic mass is 9.74. The molecule has 0 amide bonds. The third kappa shape index (κ3) is 2.37. The molecule has 3 aliphatic heterocycles. The highest BCUT2D eigenvalue weighted by atomic mass is 32.2. The number of aromatic amines is 1. The molecule has 144 valence electrons. The lowest BCUT2D eigenvalue weighted by Gasteiger charge is -2.29. The maximum absolute atomic E-state index is 12.3. The lowest BCUT2D eigenvalue weighted by molar-refractivity contribution is 0.0142. The molecule has 9 heteroatoms. The number of sulfonamides is 1. The van der Waals surface area contributed by atoms with E-state index < -0.39 is 10.0 Å². The summed E-state index contributed by atoms with van der Waals surface area (Å²) >= 11 is 0. The number of hydrogen-bond acceptors (Lipinski definition) is 6. The second-order valence-electron chi connectivity index (χ2n) is 8.47. The van der Waals surface area contributed by atoms with Crippen molar-refractivity contribution in [1.29, 1.82) is 0 Å². The Kier molecular flexibility index (Phi) is 3.27. The van der Waals surface area contributed by atoms with E-state index >= 15 is 0 Å². The van der Waals surface area contributed by atoms with Crippen LogP contribution < -0.4 is 9.62 Å². The number of aromatic nitrogens is 3. The summed E-state index contributed by atoms with van der Waals surface area (Å²) in [5.41, 5.74) is 1.78. The Balaban J connectivity index is 1.26. The van der Waals surface area contributed by atoms with Gasteiger partial charge in [-0.25, -0.2) is 18.1 Å². The zero-order valence-corrected chi connectivity index (χ0v) is 15.8. The fourth-order valence-corrected chi connectivity index (χ4v) is 6.89. The summed E-state index contributed by atoms with van der Waals surface area (Å²) in [5.74, 6) is 0.604. The van der Waals surface area contributed by atoms with Crippen LogP contribution in [-0.4, -0.2) is 60.2 Å². The Morgan fingerprint density at radius 1 is 1.37 bits per heavy atom. The molecule has 0 radical (unpaired) electrons. The van der Waals surface area contributed by atoms with Crippen LogP contribution in [0.25, 0.3) is 11.0 Å². The van der Waals surface area contributed by atoms with E-state index in [1.165, 1.54) is 0 Å². The summed E-state index contributed by atoms with van der Waals surface area (Å²) in [7, 11) is -3.15. The van der Waals surface area contributed by atoms with Crippen LogP contribution in [0.15, 0.2) is 18.5 Å². The molecule has 4 atom stereocenters. The molecule has 0 aromatic carbocycles. The topological polar surface area (TPSA) is 100 Å². The maximum Gasteiger partial charge on any atom is 0.214 e. The first-order valence-corrected chi connectivity index (χ1v) is 11.3. The number of nitrogens with one attached hydrogen (secondary N) is 2. The quantitative estimate of drug-likeness (QED) is 0.792. The van der Waals surface area contributed by atoms with Crippen molar-refractivity contribution < 1.29 is 13.2 Å². The minimum Gasteiger partial charge on any atom is -0.369 e. The smallest absolute Gasteiger partial charge is 0.214 e. The van der Waals surface area contributed by atoms with Gasteiger partial charge in [-0.2, -0.15) is 5.10 Å². The highest BCUT2D eigenvalue weighted by molar-refractivity contribution is 7.90. The van der Waals surface area contributed by atoms with Gasteiger partial charge >= 0.3 is 0 Å². The first-order chi connectivity index (χ1) is 13.1. The first kappa shape index (κ1) is 16.3. The summed E-state index contributed by atoms with van der Waals surface area (Å²) in [5, 5.41) is 7.91. The largest absolute Gasteiger partial charge is 0.369 e. The number of ether oxygens (including phenoxy) is 1. The molecule has 1 aliphatic carbocycles. The Hall–Kier alpha value is -1.71. The summed E-state index contributed by atoms with van der Waals surface area (Å²) in [4.78, 5) is 6.70. The van der Waals surface area contributed by atoms with Gasteiger partial charge in [0.15, 0.2) is 5.65 Å². The average Bonchev–Trinajstić information content (AvgIpc) is 3.03. The number of hydrogen-bond donors (Lipinski definition) is 2. The van der Waals surface area contributed by atoms with Crippen LogP contribution in [0.1, 0.15) is 25.7 Å². The molecule has 1 spiro atoms. The first-order valence-electron chi connectivity index (χ1n) is 9.75. The summed E-state index contributed by atoms with van der Waals surface area (Å²) in [6, 6.07) is 2.03. The molecule has 5 heterocycles. The van der Waals surface area contributed by atoms with Gasteiger partial charge in [-0.3, -0.25) is 5.10 Å². The molecule has 27 heavy (non-hydrogen) atoms. The van der Waals surface area contributed by atoms with Gasteiger partial charge in [0.2, 0.25) is 10.0 Å². The molecule has 4 aliphatic rings. The van der Waals surface area contributed by atoms with Gasteiger partial charge < -0.3 is 9.64 Å². The summed E-state index contributed by atoms with van der Waals surface area (Å²) < 4.78 is 33.9.